The largest absolute Gasteiger partial charge is 0.395 e. The van der Waals surface area contributed by atoms with Crippen LogP contribution in [0.25, 0.3) is 0 Å². The topological polar surface area (TPSA) is 37.3 Å². The summed E-state index contributed by atoms with van der Waals surface area (Å²) in [5, 5.41) is 8.99. The highest BCUT2D eigenvalue weighted by Gasteiger charge is 2.50. The van der Waals surface area contributed by atoms with E-state index in [0.717, 1.165) is 25.7 Å². The molecule has 2 fully saturated rings. The molecule has 0 amide bonds. The van der Waals surface area contributed by atoms with Crippen LogP contribution in [0.5, 0.6) is 0 Å². The number of carbonyl (C=O) groups is 1. The molecule has 2 heteroatoms. The highest BCUT2D eigenvalue weighted by Crippen LogP contribution is 2.51. The van der Waals surface area contributed by atoms with Gasteiger partial charge in [0.05, 0.1) is 12.0 Å². The zero-order chi connectivity index (χ0) is 7.19. The summed E-state index contributed by atoms with van der Waals surface area (Å²) in [6, 6.07) is 0. The second kappa shape index (κ2) is 1.82. The molecule has 1 N–H and O–H groups in total. The molecule has 10 heavy (non-hydrogen) atoms. The normalized spacial score (nSPS) is 44.9. The predicted octanol–water partition coefficient (Wildman–Crippen LogP) is 0.738. The summed E-state index contributed by atoms with van der Waals surface area (Å²) in [7, 11) is 0. The Kier molecular flexibility index (Phi) is 1.15. The monoisotopic (exact) mass is 140 g/mol. The van der Waals surface area contributed by atoms with E-state index >= 15 is 0 Å². The van der Waals surface area contributed by atoms with Crippen LogP contribution in [-0.4, -0.2) is 17.5 Å². The molecule has 2 aliphatic rings. The molecule has 2 bridgehead atoms. The molecule has 2 rings (SSSR count). The Hall–Kier alpha value is -0.370. The van der Waals surface area contributed by atoms with Crippen LogP contribution in [0.3, 0.4) is 0 Å². The molecule has 2 aliphatic carbocycles. The third kappa shape index (κ3) is 0.601. The average Bonchev–Trinajstić information content (AvgIpc) is 2.44. The van der Waals surface area contributed by atoms with E-state index in [-0.39, 0.29) is 12.0 Å². The first kappa shape index (κ1) is 6.35. The number of Topliss-reactive ketones (excluding diaryl/α,β-unsaturated/α-hetero) is 1. The summed E-state index contributed by atoms with van der Waals surface area (Å²) in [6.07, 6.45) is 3.79. The number of fused-ring (bicyclic) bond motifs is 2. The van der Waals surface area contributed by atoms with Gasteiger partial charge in [-0.2, -0.15) is 0 Å². The number of aliphatic hydroxyl groups is 1. The minimum Gasteiger partial charge on any atom is -0.395 e. The summed E-state index contributed by atoms with van der Waals surface area (Å²) in [5.41, 5.74) is -0.273. The maximum atomic E-state index is 11.2. The number of carbonyl (C=O) groups excluding carboxylic acids is 1. The SMILES string of the molecule is O=C1CC2CCC1(CO)C2. The highest BCUT2D eigenvalue weighted by atomic mass is 16.3. The van der Waals surface area contributed by atoms with Crippen molar-refractivity contribution in [3.8, 4) is 0 Å². The van der Waals surface area contributed by atoms with Crippen LogP contribution < -0.4 is 0 Å². The molecule has 0 radical (unpaired) electrons. The van der Waals surface area contributed by atoms with Crippen LogP contribution in [0.15, 0.2) is 0 Å². The van der Waals surface area contributed by atoms with Gasteiger partial charge in [0, 0.05) is 6.42 Å². The average molecular weight is 140 g/mol. The molecule has 0 spiro atoms. The van der Waals surface area contributed by atoms with Crippen molar-refractivity contribution in [1.29, 1.82) is 0 Å². The molecular weight excluding hydrogens is 128 g/mol. The van der Waals surface area contributed by atoms with E-state index in [9.17, 15) is 4.79 Å². The van der Waals surface area contributed by atoms with Gasteiger partial charge in [-0.15, -0.1) is 0 Å². The van der Waals surface area contributed by atoms with E-state index in [0.29, 0.717) is 11.7 Å². The summed E-state index contributed by atoms with van der Waals surface area (Å²) >= 11 is 0. The predicted molar refractivity (Wildman–Crippen MR) is 36.5 cm³/mol. The maximum Gasteiger partial charge on any atom is 0.141 e. The van der Waals surface area contributed by atoms with Crippen molar-refractivity contribution in [3.63, 3.8) is 0 Å². The molecule has 0 aromatic carbocycles. The lowest BCUT2D eigenvalue weighted by Crippen LogP contribution is -2.28. The van der Waals surface area contributed by atoms with Gasteiger partial charge in [0.25, 0.3) is 0 Å². The number of aliphatic hydroxyl groups excluding tert-OH is 1. The molecule has 2 nitrogen and oxygen atoms in total. The van der Waals surface area contributed by atoms with Gasteiger partial charge in [-0.05, 0) is 25.2 Å². The summed E-state index contributed by atoms with van der Waals surface area (Å²) in [4.78, 5) is 11.2. The minimum absolute atomic E-state index is 0.0856. The smallest absolute Gasteiger partial charge is 0.141 e. The Labute approximate surface area is 60.2 Å². The fourth-order valence-corrected chi connectivity index (χ4v) is 2.38. The third-order valence-electron chi connectivity index (χ3n) is 3.08. The number of ketones is 1. The zero-order valence-electron chi connectivity index (χ0n) is 5.97. The van der Waals surface area contributed by atoms with Gasteiger partial charge < -0.3 is 5.11 Å². The van der Waals surface area contributed by atoms with E-state index in [1.807, 2.05) is 0 Å². The molecule has 2 saturated carbocycles. The molecule has 0 aromatic rings. The fourth-order valence-electron chi connectivity index (χ4n) is 2.38. The quantitative estimate of drug-likeness (QED) is 0.583. The summed E-state index contributed by atoms with van der Waals surface area (Å²) in [6.45, 7) is 0.0856. The first-order valence-electron chi connectivity index (χ1n) is 3.91. The molecule has 0 aliphatic heterocycles. The second-order valence-electron chi connectivity index (χ2n) is 3.67. The van der Waals surface area contributed by atoms with Gasteiger partial charge in [0.1, 0.15) is 5.78 Å². The Morgan fingerprint density at radius 3 is 2.80 bits per heavy atom. The van der Waals surface area contributed by atoms with Crippen LogP contribution in [-0.2, 0) is 4.79 Å². The van der Waals surface area contributed by atoms with E-state index in [1.54, 1.807) is 0 Å². The van der Waals surface area contributed by atoms with Gasteiger partial charge in [0.15, 0.2) is 0 Å². The van der Waals surface area contributed by atoms with Crippen molar-refractivity contribution < 1.29 is 9.90 Å². The lowest BCUT2D eigenvalue weighted by atomic mass is 9.84. The zero-order valence-corrected chi connectivity index (χ0v) is 5.97. The molecule has 56 valence electrons. The summed E-state index contributed by atoms with van der Waals surface area (Å²) < 4.78 is 0. The van der Waals surface area contributed by atoms with E-state index in [1.165, 1.54) is 0 Å². The van der Waals surface area contributed by atoms with Gasteiger partial charge in [-0.25, -0.2) is 0 Å². The van der Waals surface area contributed by atoms with Gasteiger partial charge in [-0.3, -0.25) is 4.79 Å². The first-order valence-corrected chi connectivity index (χ1v) is 3.91. The Morgan fingerprint density at radius 1 is 1.70 bits per heavy atom. The molecule has 0 saturated heterocycles. The lowest BCUT2D eigenvalue weighted by molar-refractivity contribution is -0.128. The van der Waals surface area contributed by atoms with Crippen molar-refractivity contribution in [2.45, 2.75) is 25.7 Å². The number of hydrogen-bond acceptors (Lipinski definition) is 2. The van der Waals surface area contributed by atoms with Crippen LogP contribution in [0.1, 0.15) is 25.7 Å². The highest BCUT2D eigenvalue weighted by molar-refractivity contribution is 5.88. The van der Waals surface area contributed by atoms with Crippen LogP contribution >= 0.6 is 0 Å². The summed E-state index contributed by atoms with van der Waals surface area (Å²) in [5.74, 6) is 0.922. The molecule has 0 aromatic heterocycles. The number of rotatable bonds is 1. The molecule has 2 unspecified atom stereocenters. The van der Waals surface area contributed by atoms with Crippen LogP contribution in [0, 0.1) is 11.3 Å². The third-order valence-corrected chi connectivity index (χ3v) is 3.08. The van der Waals surface area contributed by atoms with Gasteiger partial charge >= 0.3 is 0 Å². The van der Waals surface area contributed by atoms with E-state index < -0.39 is 0 Å². The van der Waals surface area contributed by atoms with Crippen molar-refractivity contribution in [2.24, 2.45) is 11.3 Å². The van der Waals surface area contributed by atoms with Crippen molar-refractivity contribution >= 4 is 5.78 Å². The fraction of sp³-hybridized carbons (Fsp3) is 0.875. The molecule has 0 heterocycles. The standard InChI is InChI=1S/C8H12O2/c9-5-8-2-1-6(4-8)3-7(8)10/h6,9H,1-5H2. The van der Waals surface area contributed by atoms with Crippen LogP contribution in [0.2, 0.25) is 0 Å². The maximum absolute atomic E-state index is 11.2. The first-order chi connectivity index (χ1) is 4.77. The van der Waals surface area contributed by atoms with Gasteiger partial charge in [0.2, 0.25) is 0 Å². The van der Waals surface area contributed by atoms with E-state index in [2.05, 4.69) is 0 Å². The Bertz CT molecular complexity index is 176. The van der Waals surface area contributed by atoms with Crippen molar-refractivity contribution in [3.05, 3.63) is 0 Å². The lowest BCUT2D eigenvalue weighted by Gasteiger charge is -2.20. The van der Waals surface area contributed by atoms with E-state index in [4.69, 9.17) is 5.11 Å². The minimum atomic E-state index is -0.273. The molecular formula is C8H12O2. The molecule has 2 atom stereocenters. The second-order valence-corrected chi connectivity index (χ2v) is 3.67. The van der Waals surface area contributed by atoms with Gasteiger partial charge in [-0.1, -0.05) is 0 Å². The Balaban J connectivity index is 2.27. The number of hydrogen-bond donors (Lipinski definition) is 1. The van der Waals surface area contributed by atoms with Crippen molar-refractivity contribution in [2.75, 3.05) is 6.61 Å². The Morgan fingerprint density at radius 2 is 2.50 bits per heavy atom. The van der Waals surface area contributed by atoms with Crippen LogP contribution in [0.4, 0.5) is 0 Å². The van der Waals surface area contributed by atoms with Crippen molar-refractivity contribution in [1.82, 2.24) is 0 Å².